The highest BCUT2D eigenvalue weighted by molar-refractivity contribution is 7.89. The Morgan fingerprint density at radius 1 is 1.20 bits per heavy atom. The summed E-state index contributed by atoms with van der Waals surface area (Å²) < 4.78 is 40.4. The topological polar surface area (TPSA) is 103 Å². The van der Waals surface area contributed by atoms with E-state index < -0.39 is 16.1 Å². The number of hydrogen-bond acceptors (Lipinski definition) is 7. The Hall–Kier alpha value is -2.56. The van der Waals surface area contributed by atoms with Crippen molar-refractivity contribution in [2.45, 2.75) is 56.9 Å². The highest BCUT2D eigenvalue weighted by atomic mass is 32.2. The summed E-state index contributed by atoms with van der Waals surface area (Å²) in [7, 11) is -3.70. The minimum absolute atomic E-state index is 0.171. The summed E-state index contributed by atoms with van der Waals surface area (Å²) in [6.45, 7) is 3.54. The summed E-state index contributed by atoms with van der Waals surface area (Å²) in [6.07, 6.45) is 5.29. The Balaban J connectivity index is 1.46. The molecule has 3 heterocycles. The van der Waals surface area contributed by atoms with Crippen LogP contribution in [0.15, 0.2) is 52.1 Å². The van der Waals surface area contributed by atoms with Crippen LogP contribution in [0.25, 0.3) is 0 Å². The molecule has 1 saturated heterocycles. The third kappa shape index (κ3) is 4.45. The number of nitrogens with zero attached hydrogens (tertiary/aromatic N) is 5. The molecule has 0 N–H and O–H groups in total. The summed E-state index contributed by atoms with van der Waals surface area (Å²) in [5, 5.41) is 8.15. The molecule has 4 rings (SSSR count). The highest BCUT2D eigenvalue weighted by Gasteiger charge is 2.37. The van der Waals surface area contributed by atoms with Crippen LogP contribution in [-0.2, 0) is 34.5 Å². The molecule has 0 bridgehead atoms. The predicted octanol–water partition coefficient (Wildman–Crippen LogP) is 2.92. The fourth-order valence-electron chi connectivity index (χ4n) is 3.53. The molecule has 9 nitrogen and oxygen atoms in total. The third-order valence-corrected chi connectivity index (χ3v) is 6.97. The lowest BCUT2D eigenvalue weighted by Crippen LogP contribution is -2.38. The molecule has 1 fully saturated rings. The van der Waals surface area contributed by atoms with Gasteiger partial charge in [-0.05, 0) is 25.3 Å². The van der Waals surface area contributed by atoms with Crippen LogP contribution in [-0.4, -0.2) is 39.2 Å². The molecule has 10 heteroatoms. The van der Waals surface area contributed by atoms with Gasteiger partial charge in [0.25, 0.3) is 5.89 Å². The molecular formula is C20H25N5O4S. The van der Waals surface area contributed by atoms with Crippen molar-refractivity contribution in [1.29, 1.82) is 0 Å². The minimum atomic E-state index is -3.70. The Labute approximate surface area is 175 Å². The van der Waals surface area contributed by atoms with Crippen LogP contribution in [0, 0.1) is 0 Å². The Bertz CT molecular complexity index is 1060. The van der Waals surface area contributed by atoms with Gasteiger partial charge in [0.05, 0.1) is 18.8 Å². The van der Waals surface area contributed by atoms with Gasteiger partial charge in [0, 0.05) is 19.3 Å². The van der Waals surface area contributed by atoms with E-state index in [4.69, 9.17) is 9.26 Å². The van der Waals surface area contributed by atoms with E-state index in [1.54, 1.807) is 10.9 Å². The van der Waals surface area contributed by atoms with Gasteiger partial charge in [-0.2, -0.15) is 14.4 Å². The monoisotopic (exact) mass is 431 g/mol. The molecule has 1 aliphatic rings. The van der Waals surface area contributed by atoms with E-state index in [-0.39, 0.29) is 11.5 Å². The number of sulfonamides is 1. The van der Waals surface area contributed by atoms with Crippen LogP contribution in [0.2, 0.25) is 0 Å². The van der Waals surface area contributed by atoms with E-state index in [0.29, 0.717) is 37.8 Å². The van der Waals surface area contributed by atoms with Gasteiger partial charge in [0.1, 0.15) is 11.5 Å². The van der Waals surface area contributed by atoms with Crippen molar-refractivity contribution in [3.05, 3.63) is 60.0 Å². The van der Waals surface area contributed by atoms with Crippen molar-refractivity contribution >= 4 is 10.0 Å². The van der Waals surface area contributed by atoms with Crippen molar-refractivity contribution in [1.82, 2.24) is 24.2 Å². The second-order valence-electron chi connectivity index (χ2n) is 7.18. The van der Waals surface area contributed by atoms with Crippen molar-refractivity contribution in [2.75, 3.05) is 6.54 Å². The van der Waals surface area contributed by atoms with Gasteiger partial charge in [0.15, 0.2) is 5.82 Å². The lowest BCUT2D eigenvalue weighted by atomic mass is 10.0. The smallest absolute Gasteiger partial charge is 0.252 e. The molecule has 0 amide bonds. The molecule has 0 aliphatic carbocycles. The summed E-state index contributed by atoms with van der Waals surface area (Å²) in [6, 6.07) is 9.35. The molecule has 0 saturated carbocycles. The van der Waals surface area contributed by atoms with Gasteiger partial charge < -0.3 is 9.26 Å². The number of ether oxygens (including phenoxy) is 1. The first-order valence-corrected chi connectivity index (χ1v) is 11.5. The van der Waals surface area contributed by atoms with E-state index in [1.165, 1.54) is 10.5 Å². The Kier molecular flexibility index (Phi) is 6.26. The van der Waals surface area contributed by atoms with E-state index in [2.05, 4.69) is 15.2 Å². The number of benzene rings is 1. The molecule has 1 aromatic carbocycles. The lowest BCUT2D eigenvalue weighted by Gasteiger charge is -2.32. The maximum absolute atomic E-state index is 13.2. The van der Waals surface area contributed by atoms with Gasteiger partial charge in [-0.1, -0.05) is 41.9 Å². The van der Waals surface area contributed by atoms with E-state index in [9.17, 15) is 8.42 Å². The number of aromatic nitrogens is 4. The van der Waals surface area contributed by atoms with Crippen LogP contribution in [0.3, 0.4) is 0 Å². The first kappa shape index (κ1) is 20.7. The second kappa shape index (κ2) is 9.07. The van der Waals surface area contributed by atoms with Crippen LogP contribution < -0.4 is 0 Å². The average Bonchev–Trinajstić information content (AvgIpc) is 3.45. The van der Waals surface area contributed by atoms with Gasteiger partial charge >= 0.3 is 0 Å². The van der Waals surface area contributed by atoms with Crippen LogP contribution >= 0.6 is 0 Å². The minimum Gasteiger partial charge on any atom is -0.367 e. The molecule has 1 aliphatic heterocycles. The Morgan fingerprint density at radius 2 is 2.03 bits per heavy atom. The number of rotatable bonds is 8. The van der Waals surface area contributed by atoms with Crippen molar-refractivity contribution < 1.29 is 17.7 Å². The third-order valence-electron chi connectivity index (χ3n) is 5.11. The normalized spacial score (nSPS) is 18.0. The SMILES string of the molecule is CCn1cc(S(=O)(=O)N2CCCCC2c2noc(COCc3ccccc3)n2)cn1. The number of aryl methyl sites for hydroxylation is 1. The first-order valence-electron chi connectivity index (χ1n) is 10.1. The van der Waals surface area contributed by atoms with Crippen LogP contribution in [0.4, 0.5) is 0 Å². The predicted molar refractivity (Wildman–Crippen MR) is 108 cm³/mol. The van der Waals surface area contributed by atoms with Crippen LogP contribution in [0.1, 0.15) is 49.5 Å². The lowest BCUT2D eigenvalue weighted by molar-refractivity contribution is 0.0850. The molecule has 0 spiro atoms. The number of piperidine rings is 1. The first-order chi connectivity index (χ1) is 14.6. The summed E-state index contributed by atoms with van der Waals surface area (Å²) in [5.41, 5.74) is 1.05. The van der Waals surface area contributed by atoms with Gasteiger partial charge in [0.2, 0.25) is 10.0 Å². The molecule has 3 aromatic rings. The molecular weight excluding hydrogens is 406 g/mol. The van der Waals surface area contributed by atoms with Gasteiger partial charge in [-0.15, -0.1) is 0 Å². The zero-order valence-corrected chi connectivity index (χ0v) is 17.7. The fourth-order valence-corrected chi connectivity index (χ4v) is 5.14. The molecule has 1 unspecified atom stereocenters. The zero-order valence-electron chi connectivity index (χ0n) is 16.8. The molecule has 160 valence electrons. The molecule has 0 radical (unpaired) electrons. The maximum Gasteiger partial charge on any atom is 0.252 e. The molecule has 30 heavy (non-hydrogen) atoms. The summed E-state index contributed by atoms with van der Waals surface area (Å²) in [5.74, 6) is 0.710. The van der Waals surface area contributed by atoms with Gasteiger partial charge in [-0.3, -0.25) is 4.68 Å². The number of hydrogen-bond donors (Lipinski definition) is 0. The van der Waals surface area contributed by atoms with Crippen molar-refractivity contribution in [3.63, 3.8) is 0 Å². The van der Waals surface area contributed by atoms with Crippen molar-refractivity contribution in [2.24, 2.45) is 0 Å². The second-order valence-corrected chi connectivity index (χ2v) is 9.07. The van der Waals surface area contributed by atoms with E-state index in [0.717, 1.165) is 18.4 Å². The molecule has 1 atom stereocenters. The van der Waals surface area contributed by atoms with Gasteiger partial charge in [-0.25, -0.2) is 8.42 Å². The largest absolute Gasteiger partial charge is 0.367 e. The zero-order chi connectivity index (χ0) is 21.0. The fraction of sp³-hybridized carbons (Fsp3) is 0.450. The average molecular weight is 432 g/mol. The summed E-state index contributed by atoms with van der Waals surface area (Å²) >= 11 is 0. The molecule has 2 aromatic heterocycles. The van der Waals surface area contributed by atoms with E-state index >= 15 is 0 Å². The highest BCUT2D eigenvalue weighted by Crippen LogP contribution is 2.34. The van der Waals surface area contributed by atoms with Crippen molar-refractivity contribution in [3.8, 4) is 0 Å². The maximum atomic E-state index is 13.2. The standard InChI is InChI=1S/C20H25N5O4S/c1-2-24-13-17(12-21-24)30(26,27)25-11-7-6-10-18(25)20-22-19(29-23-20)15-28-14-16-8-4-3-5-9-16/h3-5,8-9,12-13,18H,2,6-7,10-11,14-15H2,1H3. The Morgan fingerprint density at radius 3 is 2.80 bits per heavy atom. The van der Waals surface area contributed by atoms with Crippen LogP contribution in [0.5, 0.6) is 0 Å². The summed E-state index contributed by atoms with van der Waals surface area (Å²) in [4.78, 5) is 4.60. The quantitative estimate of drug-likeness (QED) is 0.540. The van der Waals surface area contributed by atoms with E-state index in [1.807, 2.05) is 37.3 Å².